The molecule has 0 aliphatic carbocycles. The van der Waals surface area contributed by atoms with Crippen LogP contribution in [-0.4, -0.2) is 54.8 Å². The molecule has 1 heterocycles. The first-order valence-electron chi connectivity index (χ1n) is 5.80. The maximum Gasteiger partial charge on any atom is 0.287 e. The Kier molecular flexibility index (Phi) is 5.78. The largest absolute Gasteiger partial charge is 0.373 e. The fourth-order valence-electron chi connectivity index (χ4n) is 1.31. The summed E-state index contributed by atoms with van der Waals surface area (Å²) in [6.07, 6.45) is 1.45. The highest BCUT2D eigenvalue weighted by Gasteiger charge is 2.10. The smallest absolute Gasteiger partial charge is 0.287 e. The van der Waals surface area contributed by atoms with Crippen LogP contribution in [0.15, 0.2) is 11.0 Å². The fourth-order valence-corrected chi connectivity index (χ4v) is 1.52. The third-order valence-electron chi connectivity index (χ3n) is 2.46. The average Bonchev–Trinajstić information content (AvgIpc) is 2.38. The second-order valence-corrected chi connectivity index (χ2v) is 4.61. The maximum absolute atomic E-state index is 11.9. The lowest BCUT2D eigenvalue weighted by Gasteiger charge is -2.12. The Balaban J connectivity index is 2.79. The first-order valence-corrected chi connectivity index (χ1v) is 6.18. The minimum atomic E-state index is -0.370. The molecule has 1 amide bonds. The van der Waals surface area contributed by atoms with Gasteiger partial charge in [0.05, 0.1) is 25.0 Å². The minimum absolute atomic E-state index is 0.0395. The van der Waals surface area contributed by atoms with Gasteiger partial charge in [0.15, 0.2) is 0 Å². The molecule has 19 heavy (non-hydrogen) atoms. The van der Waals surface area contributed by atoms with E-state index in [0.717, 1.165) is 0 Å². The molecule has 0 unspecified atom stereocenters. The highest BCUT2D eigenvalue weighted by molar-refractivity contribution is 6.33. The number of carbonyl (C=O) groups excluding carboxylic acids is 1. The molecular weight excluding hydrogens is 270 g/mol. The predicted molar refractivity (Wildman–Crippen MR) is 74.6 cm³/mol. The van der Waals surface area contributed by atoms with Crippen LogP contribution in [-0.2, 0) is 11.3 Å². The Hall–Kier alpha value is -1.60. The standard InChI is InChI=1S/C11H18ClN5O2/c1-13-9(18)7-14-8-6-15-17(5-4-16(2)3)11(19)10(8)12/h6,14H,4-5,7H2,1-3H3,(H,13,18). The van der Waals surface area contributed by atoms with Gasteiger partial charge < -0.3 is 15.5 Å². The van der Waals surface area contributed by atoms with E-state index in [2.05, 4.69) is 15.7 Å². The molecule has 0 atom stereocenters. The molecule has 2 N–H and O–H groups in total. The van der Waals surface area contributed by atoms with E-state index in [4.69, 9.17) is 11.6 Å². The molecule has 0 aliphatic heterocycles. The summed E-state index contributed by atoms with van der Waals surface area (Å²) in [6.45, 7) is 1.19. The molecule has 0 bridgehead atoms. The van der Waals surface area contributed by atoms with E-state index in [0.29, 0.717) is 18.8 Å². The van der Waals surface area contributed by atoms with Crippen LogP contribution in [0.2, 0.25) is 5.02 Å². The van der Waals surface area contributed by atoms with Gasteiger partial charge in [-0.1, -0.05) is 11.6 Å². The molecule has 0 spiro atoms. The number of halogens is 1. The van der Waals surface area contributed by atoms with Gasteiger partial charge in [0, 0.05) is 13.6 Å². The van der Waals surface area contributed by atoms with Gasteiger partial charge in [0.25, 0.3) is 5.56 Å². The van der Waals surface area contributed by atoms with Crippen LogP contribution in [0.1, 0.15) is 0 Å². The molecule has 8 heteroatoms. The maximum atomic E-state index is 11.9. The molecule has 0 aromatic carbocycles. The highest BCUT2D eigenvalue weighted by Crippen LogP contribution is 2.14. The normalized spacial score (nSPS) is 10.6. The zero-order valence-corrected chi connectivity index (χ0v) is 12.0. The van der Waals surface area contributed by atoms with Crippen molar-refractivity contribution < 1.29 is 4.79 Å². The van der Waals surface area contributed by atoms with Gasteiger partial charge in [-0.05, 0) is 14.1 Å². The SMILES string of the molecule is CNC(=O)CNc1cnn(CCN(C)C)c(=O)c1Cl. The molecule has 0 radical (unpaired) electrons. The van der Waals surface area contributed by atoms with Crippen LogP contribution < -0.4 is 16.2 Å². The number of rotatable bonds is 6. The van der Waals surface area contributed by atoms with E-state index < -0.39 is 0 Å². The lowest BCUT2D eigenvalue weighted by molar-refractivity contribution is -0.118. The van der Waals surface area contributed by atoms with Crippen LogP contribution in [0, 0.1) is 0 Å². The summed E-state index contributed by atoms with van der Waals surface area (Å²) < 4.78 is 1.30. The molecule has 0 saturated carbocycles. The summed E-state index contributed by atoms with van der Waals surface area (Å²) in [5.74, 6) is -0.201. The Morgan fingerprint density at radius 2 is 2.21 bits per heavy atom. The monoisotopic (exact) mass is 287 g/mol. The van der Waals surface area contributed by atoms with Crippen molar-refractivity contribution in [1.82, 2.24) is 20.0 Å². The van der Waals surface area contributed by atoms with Crippen LogP contribution >= 0.6 is 11.6 Å². The second-order valence-electron chi connectivity index (χ2n) is 4.23. The van der Waals surface area contributed by atoms with Crippen LogP contribution in [0.3, 0.4) is 0 Å². The molecule has 0 aliphatic rings. The van der Waals surface area contributed by atoms with Crippen molar-refractivity contribution in [1.29, 1.82) is 0 Å². The molecule has 7 nitrogen and oxygen atoms in total. The van der Waals surface area contributed by atoms with Crippen molar-refractivity contribution in [3.63, 3.8) is 0 Å². The molecule has 1 aromatic heterocycles. The molecule has 106 valence electrons. The van der Waals surface area contributed by atoms with E-state index in [1.807, 2.05) is 19.0 Å². The van der Waals surface area contributed by atoms with Gasteiger partial charge in [-0.15, -0.1) is 0 Å². The van der Waals surface area contributed by atoms with Gasteiger partial charge in [-0.25, -0.2) is 4.68 Å². The number of amides is 1. The number of nitrogens with one attached hydrogen (secondary N) is 2. The first kappa shape index (κ1) is 15.5. The van der Waals surface area contributed by atoms with Crippen molar-refractivity contribution in [2.75, 3.05) is 39.5 Å². The van der Waals surface area contributed by atoms with Crippen LogP contribution in [0.5, 0.6) is 0 Å². The van der Waals surface area contributed by atoms with E-state index in [1.165, 1.54) is 17.9 Å². The number of anilines is 1. The summed E-state index contributed by atoms with van der Waals surface area (Å²) in [7, 11) is 5.35. The average molecular weight is 288 g/mol. The van der Waals surface area contributed by atoms with Gasteiger partial charge in [0.1, 0.15) is 5.02 Å². The molecular formula is C11H18ClN5O2. The van der Waals surface area contributed by atoms with Gasteiger partial charge in [0.2, 0.25) is 5.91 Å². The zero-order chi connectivity index (χ0) is 14.4. The Bertz CT molecular complexity index is 500. The summed E-state index contributed by atoms with van der Waals surface area (Å²) in [5.41, 5.74) is -0.0122. The summed E-state index contributed by atoms with van der Waals surface area (Å²) >= 11 is 5.96. The third kappa shape index (κ3) is 4.53. The lowest BCUT2D eigenvalue weighted by Crippen LogP contribution is -2.30. The number of carbonyl (C=O) groups is 1. The predicted octanol–water partition coefficient (Wildman–Crippen LogP) is -0.384. The van der Waals surface area contributed by atoms with E-state index >= 15 is 0 Å². The van der Waals surface area contributed by atoms with Crippen molar-refractivity contribution in [2.24, 2.45) is 0 Å². The lowest BCUT2D eigenvalue weighted by atomic mass is 10.4. The summed E-state index contributed by atoms with van der Waals surface area (Å²) in [6, 6.07) is 0. The number of hydrogen-bond acceptors (Lipinski definition) is 5. The number of nitrogens with zero attached hydrogens (tertiary/aromatic N) is 3. The summed E-state index contributed by atoms with van der Waals surface area (Å²) in [5, 5.41) is 9.28. The topological polar surface area (TPSA) is 79.3 Å². The Labute approximate surface area is 116 Å². The molecule has 1 aromatic rings. The third-order valence-corrected chi connectivity index (χ3v) is 2.83. The molecule has 1 rings (SSSR count). The van der Waals surface area contributed by atoms with E-state index in [9.17, 15) is 9.59 Å². The Morgan fingerprint density at radius 1 is 1.53 bits per heavy atom. The van der Waals surface area contributed by atoms with Gasteiger partial charge in [-0.2, -0.15) is 5.10 Å². The fraction of sp³-hybridized carbons (Fsp3) is 0.545. The minimum Gasteiger partial charge on any atom is -0.373 e. The van der Waals surface area contributed by atoms with Crippen molar-refractivity contribution in [2.45, 2.75) is 6.54 Å². The zero-order valence-electron chi connectivity index (χ0n) is 11.2. The van der Waals surface area contributed by atoms with Gasteiger partial charge >= 0.3 is 0 Å². The van der Waals surface area contributed by atoms with Crippen LogP contribution in [0.25, 0.3) is 0 Å². The van der Waals surface area contributed by atoms with E-state index in [1.54, 1.807) is 0 Å². The number of likely N-dealkylation sites (N-methyl/N-ethyl adjacent to an activating group) is 2. The molecule has 0 saturated heterocycles. The number of hydrogen-bond donors (Lipinski definition) is 2. The van der Waals surface area contributed by atoms with Gasteiger partial charge in [-0.3, -0.25) is 9.59 Å². The van der Waals surface area contributed by atoms with Crippen molar-refractivity contribution in [3.05, 3.63) is 21.6 Å². The van der Waals surface area contributed by atoms with Crippen LogP contribution in [0.4, 0.5) is 5.69 Å². The highest BCUT2D eigenvalue weighted by atomic mass is 35.5. The van der Waals surface area contributed by atoms with E-state index in [-0.39, 0.29) is 23.0 Å². The second kappa shape index (κ2) is 7.10. The van der Waals surface area contributed by atoms with Crippen molar-refractivity contribution in [3.8, 4) is 0 Å². The number of aromatic nitrogens is 2. The Morgan fingerprint density at radius 3 is 2.79 bits per heavy atom. The molecule has 0 fully saturated rings. The van der Waals surface area contributed by atoms with Crippen molar-refractivity contribution >= 4 is 23.2 Å². The quantitative estimate of drug-likeness (QED) is 0.745. The summed E-state index contributed by atoms with van der Waals surface area (Å²) in [4.78, 5) is 25.0. The first-order chi connectivity index (χ1) is 8.95.